The summed E-state index contributed by atoms with van der Waals surface area (Å²) in [6.45, 7) is 0. The first-order valence-corrected chi connectivity index (χ1v) is 28.6. The summed E-state index contributed by atoms with van der Waals surface area (Å²) in [4.78, 5) is 0. The van der Waals surface area contributed by atoms with Gasteiger partial charge in [0.15, 0.2) is 0 Å². The van der Waals surface area contributed by atoms with Crippen molar-refractivity contribution in [2.75, 3.05) is 0 Å². The molecule has 0 saturated heterocycles. The van der Waals surface area contributed by atoms with E-state index in [-0.39, 0.29) is 37.2 Å². The molecule has 0 aromatic heterocycles. The molecule has 0 radical (unpaired) electrons. The van der Waals surface area contributed by atoms with Crippen LogP contribution in [0.5, 0.6) is 0 Å². The van der Waals surface area contributed by atoms with Crippen LogP contribution in [0.3, 0.4) is 0 Å². The van der Waals surface area contributed by atoms with Crippen LogP contribution in [-0.2, 0) is 59.0 Å². The first kappa shape index (κ1) is 55.7. The zero-order valence-corrected chi connectivity index (χ0v) is 47.4. The van der Waals surface area contributed by atoms with Crippen molar-refractivity contribution < 1.29 is 57.7 Å². The monoisotopic (exact) mass is 1090 g/mol. The van der Waals surface area contributed by atoms with Crippen LogP contribution in [0.4, 0.5) is 0 Å². The van der Waals surface area contributed by atoms with E-state index in [1.165, 1.54) is 103 Å². The SMILES string of the molecule is [Cl-].[Cl-].[Cl-].[Ti+3][C]1=C([Si](c2cc(Cc3ccccc3)cc(Cc3ccccc3)c2)(c2cc(Cc3ccccc3)cc(Cc3ccccc3)c2)c2cc(Cc3ccccc3)cc(Cc3ccccc3)c2)C(c2ccccc2)=CC1. The van der Waals surface area contributed by atoms with E-state index in [0.29, 0.717) is 0 Å². The summed E-state index contributed by atoms with van der Waals surface area (Å²) >= 11 is 2.44. The molecule has 0 unspecified atom stereocenters. The van der Waals surface area contributed by atoms with Gasteiger partial charge in [-0.1, -0.05) is 0 Å². The fraction of sp³-hybridized carbons (Fsp3) is 0.0986. The molecule has 1 aliphatic carbocycles. The second kappa shape index (κ2) is 26.5. The summed E-state index contributed by atoms with van der Waals surface area (Å²) in [5, 5.41) is 5.84. The van der Waals surface area contributed by atoms with E-state index in [4.69, 9.17) is 0 Å². The van der Waals surface area contributed by atoms with Gasteiger partial charge >= 0.3 is 449 Å². The second-order valence-electron chi connectivity index (χ2n) is 19.9. The van der Waals surface area contributed by atoms with E-state index < -0.39 is 8.07 Å². The molecule has 0 saturated carbocycles. The summed E-state index contributed by atoms with van der Waals surface area (Å²) < 4.78 is 1.46. The summed E-state index contributed by atoms with van der Waals surface area (Å²) in [6, 6.07) is 101. The van der Waals surface area contributed by atoms with Crippen LogP contribution in [0, 0.1) is 0 Å². The molecule has 1 aliphatic rings. The van der Waals surface area contributed by atoms with Crippen LogP contribution < -0.4 is 52.8 Å². The van der Waals surface area contributed by atoms with Gasteiger partial charge in [0.05, 0.1) is 0 Å². The maximum absolute atomic E-state index is 3.38. The molecule has 0 aliphatic heterocycles. The van der Waals surface area contributed by atoms with Crippen molar-refractivity contribution in [1.29, 1.82) is 0 Å². The fourth-order valence-electron chi connectivity index (χ4n) is 11.4. The quantitative estimate of drug-likeness (QED) is 0.0832. The zero-order valence-electron chi connectivity index (χ0n) is 42.6. The van der Waals surface area contributed by atoms with Crippen molar-refractivity contribution in [3.8, 4) is 0 Å². The molecule has 0 bridgehead atoms. The maximum atomic E-state index is 2.65. The van der Waals surface area contributed by atoms with Crippen molar-refractivity contribution in [2.24, 2.45) is 0 Å². The third kappa shape index (κ3) is 13.2. The summed E-state index contributed by atoms with van der Waals surface area (Å²) in [7, 11) is -3.38. The Labute approximate surface area is 482 Å². The van der Waals surface area contributed by atoms with Gasteiger partial charge in [0.1, 0.15) is 0 Å². The normalized spacial score (nSPS) is 12.0. The Morgan fingerprint density at radius 2 is 0.500 bits per heavy atom. The molecule has 0 N–H and O–H groups in total. The van der Waals surface area contributed by atoms with Crippen molar-refractivity contribution in [3.05, 3.63) is 354 Å². The topological polar surface area (TPSA) is 0 Å². The van der Waals surface area contributed by atoms with E-state index in [1.54, 1.807) is 0 Å². The Morgan fingerprint density at radius 3 is 0.737 bits per heavy atom. The van der Waals surface area contributed by atoms with Crippen LogP contribution in [0.25, 0.3) is 5.57 Å². The van der Waals surface area contributed by atoms with Crippen LogP contribution in [0.15, 0.2) is 282 Å². The molecule has 76 heavy (non-hydrogen) atoms. The van der Waals surface area contributed by atoms with Crippen molar-refractivity contribution >= 4 is 29.2 Å². The molecule has 0 amide bonds. The number of hydrogen-bond donors (Lipinski definition) is 0. The van der Waals surface area contributed by atoms with Gasteiger partial charge in [-0.2, -0.15) is 0 Å². The molecule has 372 valence electrons. The van der Waals surface area contributed by atoms with Crippen LogP contribution in [0.2, 0.25) is 0 Å². The summed E-state index contributed by atoms with van der Waals surface area (Å²) in [6.07, 6.45) is 8.56. The van der Waals surface area contributed by atoms with Gasteiger partial charge in [-0.3, -0.25) is 0 Å². The van der Waals surface area contributed by atoms with E-state index >= 15 is 0 Å². The second-order valence-corrected chi connectivity index (χ2v) is 24.6. The molecule has 5 heteroatoms. The third-order valence-electron chi connectivity index (χ3n) is 14.5. The van der Waals surface area contributed by atoms with Gasteiger partial charge < -0.3 is 37.2 Å². The van der Waals surface area contributed by atoms with Gasteiger partial charge in [-0.05, 0) is 0 Å². The minimum atomic E-state index is -3.38. The molecule has 0 fully saturated rings. The molecule has 10 aromatic rings. The average molecular weight is 1090 g/mol. The van der Waals surface area contributed by atoms with Crippen molar-refractivity contribution in [1.82, 2.24) is 0 Å². The first-order chi connectivity index (χ1) is 36.0. The Kier molecular flexibility index (Phi) is 19.4. The Morgan fingerprint density at radius 1 is 0.276 bits per heavy atom. The predicted octanol–water partition coefficient (Wildman–Crippen LogP) is 5.54. The molecule has 10 aromatic carbocycles. The molecule has 11 rings (SSSR count). The molecular formula is C71H59Cl3SiTi. The van der Waals surface area contributed by atoms with E-state index in [2.05, 4.69) is 293 Å². The van der Waals surface area contributed by atoms with Crippen LogP contribution in [-0.4, -0.2) is 8.07 Å². The predicted molar refractivity (Wildman–Crippen MR) is 306 cm³/mol. The Bertz CT molecular complexity index is 3020. The molecule has 0 heterocycles. The minimum absolute atomic E-state index is 0. The van der Waals surface area contributed by atoms with Gasteiger partial charge in [-0.15, -0.1) is 0 Å². The van der Waals surface area contributed by atoms with Crippen LogP contribution in [0.1, 0.15) is 78.7 Å². The average Bonchev–Trinajstić information content (AvgIpc) is 4.00. The Balaban J connectivity index is 0.00000255. The van der Waals surface area contributed by atoms with E-state index in [0.717, 1.165) is 44.9 Å². The van der Waals surface area contributed by atoms with E-state index in [1.807, 2.05) is 0 Å². The number of rotatable bonds is 17. The van der Waals surface area contributed by atoms with Crippen LogP contribution >= 0.6 is 0 Å². The third-order valence-corrected chi connectivity index (χ3v) is 20.4. The standard InChI is InChI=1S/C71H59Si.3ClH.Ti/c1-8-23-54(24-9-1)39-60-45-61(40-55-25-10-2-11-26-55)49-67(48-60)72(71-38-22-37-70(71)66-35-20-7-21-36-66,68-50-62(41-56-27-12-3-13-28-56)46-63(51-68)42-57-29-14-4-15-30-57)69-52-64(43-58-31-16-5-17-32-58)47-65(53-69)44-59-33-18-6-19-34-59;;;;/h1-21,23-37,45-53H,22,39-44H2;3*1H;/q;;;;+3/p-3. The molecule has 0 spiro atoms. The summed E-state index contributed by atoms with van der Waals surface area (Å²) in [5.41, 5.74) is 18.7. The van der Waals surface area contributed by atoms with E-state index in [9.17, 15) is 0 Å². The zero-order chi connectivity index (χ0) is 49.2. The number of hydrogen-bond acceptors (Lipinski definition) is 0. The number of allylic oxidation sites excluding steroid dienone is 4. The van der Waals surface area contributed by atoms with Gasteiger partial charge in [-0.25, -0.2) is 0 Å². The number of halogens is 3. The van der Waals surface area contributed by atoms with Gasteiger partial charge in [0, 0.05) is 0 Å². The molecule has 0 nitrogen and oxygen atoms in total. The summed E-state index contributed by atoms with van der Waals surface area (Å²) in [5.74, 6) is 0. The fourth-order valence-corrected chi connectivity index (χ4v) is 18.1. The first-order valence-electron chi connectivity index (χ1n) is 25.9. The van der Waals surface area contributed by atoms with Gasteiger partial charge in [0.2, 0.25) is 0 Å². The Hall–Kier alpha value is -6.52. The van der Waals surface area contributed by atoms with Gasteiger partial charge in [0.25, 0.3) is 0 Å². The molecule has 0 atom stereocenters. The van der Waals surface area contributed by atoms with Crippen molar-refractivity contribution in [3.63, 3.8) is 0 Å². The van der Waals surface area contributed by atoms with Crippen molar-refractivity contribution in [2.45, 2.75) is 44.9 Å². The number of benzene rings is 10. The molecular weight excluding hydrogens is 1040 g/mol.